The molecule has 0 radical (unpaired) electrons. The lowest BCUT2D eigenvalue weighted by Gasteiger charge is -2.40. The van der Waals surface area contributed by atoms with Crippen molar-refractivity contribution in [3.63, 3.8) is 0 Å². The van der Waals surface area contributed by atoms with E-state index in [9.17, 15) is 4.79 Å². The van der Waals surface area contributed by atoms with E-state index in [0.717, 1.165) is 12.8 Å². The Labute approximate surface area is 72.7 Å². The van der Waals surface area contributed by atoms with Crippen molar-refractivity contribution in [2.24, 2.45) is 0 Å². The van der Waals surface area contributed by atoms with Crippen LogP contribution in [0, 0.1) is 0 Å². The van der Waals surface area contributed by atoms with Crippen LogP contribution in [0.1, 0.15) is 19.3 Å². The molecule has 0 bridgehead atoms. The molecule has 70 valence electrons. The Bertz CT molecular complexity index is 161. The molecular weight excluding hydrogens is 156 g/mol. The van der Waals surface area contributed by atoms with Gasteiger partial charge < -0.3 is 15.4 Å². The Kier molecular flexibility index (Phi) is 2.92. The minimum Gasteiger partial charge on any atom is -0.376 e. The molecule has 4 heteroatoms. The Hall–Kier alpha value is -0.770. The fourth-order valence-electron chi connectivity index (χ4n) is 1.35. The molecule has 0 unspecified atom stereocenters. The van der Waals surface area contributed by atoms with Gasteiger partial charge in [0.1, 0.15) is 0 Å². The number of nitrogens with one attached hydrogen (secondary N) is 2. The fourth-order valence-corrected chi connectivity index (χ4v) is 1.35. The highest BCUT2D eigenvalue weighted by Gasteiger charge is 2.36. The maximum atomic E-state index is 10.8. The minimum atomic E-state index is -0.140. The number of hydrogen-bond acceptors (Lipinski definition) is 2. The summed E-state index contributed by atoms with van der Waals surface area (Å²) < 4.78 is 5.33. The summed E-state index contributed by atoms with van der Waals surface area (Å²) in [5.41, 5.74) is -0.0769. The van der Waals surface area contributed by atoms with Gasteiger partial charge in [-0.25, -0.2) is 4.79 Å². The summed E-state index contributed by atoms with van der Waals surface area (Å²) in [5, 5.41) is 5.26. The van der Waals surface area contributed by atoms with Gasteiger partial charge in [0, 0.05) is 20.7 Å². The summed E-state index contributed by atoms with van der Waals surface area (Å²) in [7, 11) is 3.31. The van der Waals surface area contributed by atoms with Gasteiger partial charge in [-0.15, -0.1) is 0 Å². The number of methoxy groups -OCH3 is 1. The van der Waals surface area contributed by atoms with Crippen LogP contribution < -0.4 is 10.6 Å². The second-order valence-electron chi connectivity index (χ2n) is 3.17. The number of amides is 2. The third-order valence-corrected chi connectivity index (χ3v) is 2.50. The Balaban J connectivity index is 2.24. The maximum Gasteiger partial charge on any atom is 0.314 e. The Morgan fingerprint density at radius 3 is 2.58 bits per heavy atom. The van der Waals surface area contributed by atoms with Crippen molar-refractivity contribution >= 4 is 6.03 Å². The second kappa shape index (κ2) is 3.76. The largest absolute Gasteiger partial charge is 0.376 e. The van der Waals surface area contributed by atoms with Gasteiger partial charge in [0.15, 0.2) is 0 Å². The fraction of sp³-hybridized carbons (Fsp3) is 0.875. The highest BCUT2D eigenvalue weighted by atomic mass is 16.5. The average molecular weight is 172 g/mol. The Morgan fingerprint density at radius 2 is 2.25 bits per heavy atom. The lowest BCUT2D eigenvalue weighted by atomic mass is 9.80. The molecule has 1 fully saturated rings. The van der Waals surface area contributed by atoms with E-state index in [1.54, 1.807) is 14.2 Å². The zero-order valence-corrected chi connectivity index (χ0v) is 7.64. The van der Waals surface area contributed by atoms with Gasteiger partial charge in [0.2, 0.25) is 0 Å². The number of ether oxygens (including phenoxy) is 1. The van der Waals surface area contributed by atoms with E-state index < -0.39 is 0 Å². The van der Waals surface area contributed by atoms with Crippen LogP contribution >= 0.6 is 0 Å². The molecule has 1 saturated carbocycles. The first-order valence-electron chi connectivity index (χ1n) is 4.23. The van der Waals surface area contributed by atoms with Crippen molar-refractivity contribution in [2.75, 3.05) is 20.7 Å². The van der Waals surface area contributed by atoms with Crippen LogP contribution in [0.3, 0.4) is 0 Å². The maximum absolute atomic E-state index is 10.8. The SMILES string of the molecule is CNC(=O)NCC1(OC)CCC1. The molecule has 0 aromatic rings. The summed E-state index contributed by atoms with van der Waals surface area (Å²) >= 11 is 0. The smallest absolute Gasteiger partial charge is 0.314 e. The third-order valence-electron chi connectivity index (χ3n) is 2.50. The standard InChI is InChI=1S/C8H16N2O2/c1-9-7(11)10-6-8(12-2)4-3-5-8/h3-6H2,1-2H3,(H2,9,10,11). The monoisotopic (exact) mass is 172 g/mol. The van der Waals surface area contributed by atoms with E-state index in [1.807, 2.05) is 0 Å². The normalized spacial score (nSPS) is 19.5. The molecule has 0 aliphatic heterocycles. The van der Waals surface area contributed by atoms with E-state index >= 15 is 0 Å². The van der Waals surface area contributed by atoms with E-state index in [-0.39, 0.29) is 11.6 Å². The molecule has 0 saturated heterocycles. The predicted molar refractivity (Wildman–Crippen MR) is 46.0 cm³/mol. The summed E-state index contributed by atoms with van der Waals surface area (Å²) in [6.45, 7) is 0.614. The molecule has 12 heavy (non-hydrogen) atoms. The van der Waals surface area contributed by atoms with Crippen LogP contribution in [0.25, 0.3) is 0 Å². The number of carbonyl (C=O) groups excluding carboxylic acids is 1. The molecule has 0 spiro atoms. The molecule has 0 aromatic heterocycles. The average Bonchev–Trinajstić information content (AvgIpc) is 2.03. The summed E-state index contributed by atoms with van der Waals surface area (Å²) in [5.74, 6) is 0. The van der Waals surface area contributed by atoms with E-state index in [4.69, 9.17) is 4.74 Å². The number of urea groups is 1. The van der Waals surface area contributed by atoms with Crippen molar-refractivity contribution in [1.82, 2.24) is 10.6 Å². The molecule has 1 rings (SSSR count). The summed E-state index contributed by atoms with van der Waals surface area (Å²) in [4.78, 5) is 10.8. The van der Waals surface area contributed by atoms with Gasteiger partial charge in [-0.1, -0.05) is 0 Å². The van der Waals surface area contributed by atoms with E-state index in [0.29, 0.717) is 6.54 Å². The topological polar surface area (TPSA) is 50.4 Å². The van der Waals surface area contributed by atoms with E-state index in [2.05, 4.69) is 10.6 Å². The number of hydrogen-bond donors (Lipinski definition) is 2. The van der Waals surface area contributed by atoms with Crippen molar-refractivity contribution in [2.45, 2.75) is 24.9 Å². The first kappa shape index (κ1) is 9.32. The lowest BCUT2D eigenvalue weighted by Crippen LogP contribution is -2.50. The van der Waals surface area contributed by atoms with Crippen molar-refractivity contribution < 1.29 is 9.53 Å². The highest BCUT2D eigenvalue weighted by Crippen LogP contribution is 2.34. The molecule has 0 heterocycles. The van der Waals surface area contributed by atoms with Crippen molar-refractivity contribution in [1.29, 1.82) is 0 Å². The van der Waals surface area contributed by atoms with Crippen LogP contribution in [-0.2, 0) is 4.74 Å². The number of rotatable bonds is 3. The quantitative estimate of drug-likeness (QED) is 0.650. The lowest BCUT2D eigenvalue weighted by molar-refractivity contribution is -0.0673. The van der Waals surface area contributed by atoms with Crippen LogP contribution in [0.15, 0.2) is 0 Å². The van der Waals surface area contributed by atoms with Crippen LogP contribution in [0.5, 0.6) is 0 Å². The highest BCUT2D eigenvalue weighted by molar-refractivity contribution is 5.73. The van der Waals surface area contributed by atoms with Gasteiger partial charge in [-0.2, -0.15) is 0 Å². The van der Waals surface area contributed by atoms with Gasteiger partial charge >= 0.3 is 6.03 Å². The zero-order chi connectivity index (χ0) is 9.03. The molecule has 2 N–H and O–H groups in total. The molecule has 2 amide bonds. The van der Waals surface area contributed by atoms with Gasteiger partial charge in [-0.05, 0) is 19.3 Å². The van der Waals surface area contributed by atoms with Crippen LogP contribution in [0.4, 0.5) is 4.79 Å². The number of carbonyl (C=O) groups is 1. The minimum absolute atomic E-state index is 0.0769. The zero-order valence-electron chi connectivity index (χ0n) is 7.64. The first-order valence-corrected chi connectivity index (χ1v) is 4.23. The second-order valence-corrected chi connectivity index (χ2v) is 3.17. The summed E-state index contributed by atoms with van der Waals surface area (Å²) in [6.07, 6.45) is 3.30. The van der Waals surface area contributed by atoms with Gasteiger partial charge in [-0.3, -0.25) is 0 Å². The van der Waals surface area contributed by atoms with Crippen LogP contribution in [0.2, 0.25) is 0 Å². The predicted octanol–water partition coefficient (Wildman–Crippen LogP) is 0.484. The molecule has 1 aliphatic rings. The third kappa shape index (κ3) is 1.88. The molecular formula is C8H16N2O2. The van der Waals surface area contributed by atoms with Gasteiger partial charge in [0.05, 0.1) is 5.60 Å². The Morgan fingerprint density at radius 1 is 1.58 bits per heavy atom. The van der Waals surface area contributed by atoms with Crippen molar-refractivity contribution in [3.8, 4) is 0 Å². The van der Waals surface area contributed by atoms with Crippen LogP contribution in [-0.4, -0.2) is 32.3 Å². The molecule has 0 atom stereocenters. The first-order chi connectivity index (χ1) is 5.72. The summed E-state index contributed by atoms with van der Waals surface area (Å²) in [6, 6.07) is -0.140. The molecule has 4 nitrogen and oxygen atoms in total. The molecule has 0 aromatic carbocycles. The van der Waals surface area contributed by atoms with E-state index in [1.165, 1.54) is 6.42 Å². The molecule has 1 aliphatic carbocycles. The van der Waals surface area contributed by atoms with Gasteiger partial charge in [0.25, 0.3) is 0 Å². The van der Waals surface area contributed by atoms with Crippen molar-refractivity contribution in [3.05, 3.63) is 0 Å².